The fourth-order valence-corrected chi connectivity index (χ4v) is 0.925. The number of carbonyl (C=O) groups excluding carboxylic acids is 1. The Morgan fingerprint density at radius 3 is 2.40 bits per heavy atom. The summed E-state index contributed by atoms with van der Waals surface area (Å²) in [5.41, 5.74) is 0.421. The van der Waals surface area contributed by atoms with Crippen LogP contribution < -0.4 is 34.7 Å². The van der Waals surface area contributed by atoms with Crippen molar-refractivity contribution in [2.24, 2.45) is 0 Å². The summed E-state index contributed by atoms with van der Waals surface area (Å²) in [7, 11) is 0. The van der Waals surface area contributed by atoms with Gasteiger partial charge in [0.2, 0.25) is 0 Å². The first-order chi connectivity index (χ1) is 6.63. The fraction of sp³-hybridized carbons (Fsp3) is 0.364. The molecule has 0 N–H and O–H groups in total. The third-order valence-electron chi connectivity index (χ3n) is 1.97. The molecule has 1 aromatic carbocycles. The molecule has 15 heavy (non-hydrogen) atoms. The molecule has 0 bridgehead atoms. The molecule has 0 amide bonds. The van der Waals surface area contributed by atoms with Crippen LogP contribution in [0.5, 0.6) is 5.75 Å². The summed E-state index contributed by atoms with van der Waals surface area (Å²) in [4.78, 5) is 11.4. The second kappa shape index (κ2) is 6.88. The molecule has 0 aliphatic rings. The summed E-state index contributed by atoms with van der Waals surface area (Å²) in [5, 5.41) is 10.8. The van der Waals surface area contributed by atoms with E-state index in [9.17, 15) is 9.90 Å². The molecule has 0 spiro atoms. The Bertz CT molecular complexity index is 308. The van der Waals surface area contributed by atoms with Crippen molar-refractivity contribution in [3.63, 3.8) is 0 Å². The molecular weight excluding hydrogens is 203 g/mol. The first kappa shape index (κ1) is 14.5. The van der Waals surface area contributed by atoms with E-state index in [0.717, 1.165) is 6.42 Å². The van der Waals surface area contributed by atoms with Crippen molar-refractivity contribution in [1.82, 2.24) is 0 Å². The number of ether oxygens (including phenoxy) is 1. The third-order valence-corrected chi connectivity index (χ3v) is 1.97. The average molecular weight is 216 g/mol. The van der Waals surface area contributed by atoms with E-state index < -0.39 is 0 Å². The molecule has 0 aromatic heterocycles. The average Bonchev–Trinajstić information content (AvgIpc) is 2.18. The van der Waals surface area contributed by atoms with Crippen molar-refractivity contribution in [3.05, 3.63) is 29.8 Å². The zero-order chi connectivity index (χ0) is 10.6. The molecule has 1 atom stereocenters. The Kier molecular flexibility index (Phi) is 6.65. The molecule has 0 fully saturated rings. The van der Waals surface area contributed by atoms with E-state index in [1.165, 1.54) is 24.3 Å². The molecular formula is C11H13NaO3. The Balaban J connectivity index is 0.00000196. The Labute approximate surface area is 112 Å². The first-order valence-corrected chi connectivity index (χ1v) is 4.61. The summed E-state index contributed by atoms with van der Waals surface area (Å²) in [5.74, 6) is -0.482. The van der Waals surface area contributed by atoms with E-state index in [4.69, 9.17) is 4.74 Å². The van der Waals surface area contributed by atoms with Crippen molar-refractivity contribution in [3.8, 4) is 5.75 Å². The van der Waals surface area contributed by atoms with Crippen LogP contribution in [0.2, 0.25) is 0 Å². The number of hydrogen-bond donors (Lipinski definition) is 0. The van der Waals surface area contributed by atoms with Crippen LogP contribution in [0.15, 0.2) is 24.3 Å². The molecule has 0 aliphatic carbocycles. The van der Waals surface area contributed by atoms with E-state index in [1.807, 2.05) is 13.8 Å². The molecule has 1 unspecified atom stereocenters. The maximum absolute atomic E-state index is 11.4. The summed E-state index contributed by atoms with van der Waals surface area (Å²) in [6, 6.07) is 5.67. The number of esters is 1. The van der Waals surface area contributed by atoms with Gasteiger partial charge in [0, 0.05) is 0 Å². The van der Waals surface area contributed by atoms with Crippen LogP contribution in [-0.4, -0.2) is 12.1 Å². The molecule has 0 saturated heterocycles. The van der Waals surface area contributed by atoms with Gasteiger partial charge in [-0.15, -0.1) is 5.75 Å². The molecule has 0 heterocycles. The molecule has 1 aromatic rings. The van der Waals surface area contributed by atoms with Gasteiger partial charge in [-0.1, -0.05) is 19.1 Å². The van der Waals surface area contributed by atoms with Gasteiger partial charge < -0.3 is 9.84 Å². The van der Waals surface area contributed by atoms with Gasteiger partial charge in [0.15, 0.2) is 0 Å². The number of benzene rings is 1. The van der Waals surface area contributed by atoms with Crippen molar-refractivity contribution in [2.45, 2.75) is 26.4 Å². The Morgan fingerprint density at radius 1 is 1.40 bits per heavy atom. The minimum absolute atomic E-state index is 0. The Hall–Kier alpha value is -0.510. The van der Waals surface area contributed by atoms with E-state index in [2.05, 4.69) is 0 Å². The SMILES string of the molecule is CCC(C)OC(=O)c1ccc([O-])cc1.[Na+]. The van der Waals surface area contributed by atoms with Gasteiger partial charge in [-0.05, 0) is 25.5 Å². The quantitative estimate of drug-likeness (QED) is 0.467. The van der Waals surface area contributed by atoms with Gasteiger partial charge in [0.05, 0.1) is 11.7 Å². The fourth-order valence-electron chi connectivity index (χ4n) is 0.925. The zero-order valence-corrected chi connectivity index (χ0v) is 11.3. The van der Waals surface area contributed by atoms with Crippen LogP contribution in [0.25, 0.3) is 0 Å². The van der Waals surface area contributed by atoms with Gasteiger partial charge in [-0.25, -0.2) is 4.79 Å². The summed E-state index contributed by atoms with van der Waals surface area (Å²) < 4.78 is 5.08. The van der Waals surface area contributed by atoms with Crippen LogP contribution in [0, 0.1) is 0 Å². The summed E-state index contributed by atoms with van der Waals surface area (Å²) in [6.07, 6.45) is 0.695. The predicted molar refractivity (Wildman–Crippen MR) is 51.1 cm³/mol. The number of rotatable bonds is 3. The normalized spacial score (nSPS) is 11.3. The number of carbonyl (C=O) groups is 1. The van der Waals surface area contributed by atoms with Crippen LogP contribution in [-0.2, 0) is 4.74 Å². The van der Waals surface area contributed by atoms with E-state index >= 15 is 0 Å². The molecule has 0 radical (unpaired) electrons. The van der Waals surface area contributed by atoms with Gasteiger partial charge in [-0.3, -0.25) is 0 Å². The van der Waals surface area contributed by atoms with Gasteiger partial charge >= 0.3 is 35.5 Å². The van der Waals surface area contributed by atoms with E-state index in [-0.39, 0.29) is 47.4 Å². The second-order valence-electron chi connectivity index (χ2n) is 3.15. The molecule has 4 heteroatoms. The van der Waals surface area contributed by atoms with Crippen molar-refractivity contribution < 1.29 is 44.2 Å². The van der Waals surface area contributed by atoms with Crippen molar-refractivity contribution >= 4 is 5.97 Å². The van der Waals surface area contributed by atoms with Crippen LogP contribution in [0.4, 0.5) is 0 Å². The number of hydrogen-bond acceptors (Lipinski definition) is 3. The Morgan fingerprint density at radius 2 is 1.93 bits per heavy atom. The minimum Gasteiger partial charge on any atom is -0.872 e. The van der Waals surface area contributed by atoms with Crippen LogP contribution in [0.1, 0.15) is 30.6 Å². The maximum atomic E-state index is 11.4. The van der Waals surface area contributed by atoms with Gasteiger partial charge in [-0.2, -0.15) is 0 Å². The largest absolute Gasteiger partial charge is 1.00 e. The van der Waals surface area contributed by atoms with Crippen molar-refractivity contribution in [2.75, 3.05) is 0 Å². The van der Waals surface area contributed by atoms with Gasteiger partial charge in [0.25, 0.3) is 0 Å². The predicted octanol–water partition coefficient (Wildman–Crippen LogP) is -1.28. The zero-order valence-electron chi connectivity index (χ0n) is 9.32. The maximum Gasteiger partial charge on any atom is 1.00 e. The molecule has 1 rings (SSSR count). The van der Waals surface area contributed by atoms with Gasteiger partial charge in [0.1, 0.15) is 0 Å². The van der Waals surface area contributed by atoms with Crippen molar-refractivity contribution in [1.29, 1.82) is 0 Å². The first-order valence-electron chi connectivity index (χ1n) is 4.61. The molecule has 76 valence electrons. The van der Waals surface area contributed by atoms with E-state index in [1.54, 1.807) is 0 Å². The summed E-state index contributed by atoms with van der Waals surface area (Å²) in [6.45, 7) is 3.78. The summed E-state index contributed by atoms with van der Waals surface area (Å²) >= 11 is 0. The topological polar surface area (TPSA) is 49.4 Å². The third kappa shape index (κ3) is 4.69. The monoisotopic (exact) mass is 216 g/mol. The standard InChI is InChI=1S/C11H14O3.Na/c1-3-8(2)14-11(13)9-4-6-10(12)7-5-9;/h4-8,12H,3H2,1-2H3;/q;+1/p-1. The molecule has 0 aliphatic heterocycles. The molecule has 0 saturated carbocycles. The molecule has 3 nitrogen and oxygen atoms in total. The van der Waals surface area contributed by atoms with E-state index in [0.29, 0.717) is 5.56 Å². The van der Waals surface area contributed by atoms with Crippen LogP contribution >= 0.6 is 0 Å². The smallest absolute Gasteiger partial charge is 0.872 e. The second-order valence-corrected chi connectivity index (χ2v) is 3.15. The van der Waals surface area contributed by atoms with Crippen LogP contribution in [0.3, 0.4) is 0 Å². The minimum atomic E-state index is -0.376.